The van der Waals surface area contributed by atoms with E-state index in [9.17, 15) is 18.4 Å². The third kappa shape index (κ3) is 3.10. The number of esters is 2. The Kier molecular flexibility index (Phi) is 3.54. The van der Waals surface area contributed by atoms with Gasteiger partial charge in [0.25, 0.3) is 5.79 Å². The topological polar surface area (TPSA) is 84.9 Å². The van der Waals surface area contributed by atoms with Crippen LogP contribution in [0.25, 0.3) is 0 Å². The Labute approximate surface area is 118 Å². The molecule has 112 valence electrons. The highest BCUT2D eigenvalue weighted by Crippen LogP contribution is 2.25. The Balaban J connectivity index is 2.22. The van der Waals surface area contributed by atoms with E-state index in [4.69, 9.17) is 14.6 Å². The van der Waals surface area contributed by atoms with Crippen LogP contribution in [0.1, 0.15) is 13.8 Å². The highest BCUT2D eigenvalue weighted by atomic mass is 19.1. The number of carbonyl (C=O) groups is 2. The standard InChI is InChI=1S/C13H11F2NO5/c1-13(2)20-11(18)7(12(19)21-13)5-16-6-3-8(14)10(17)9(15)4-6/h3-5,16-17H,1-2H3. The summed E-state index contributed by atoms with van der Waals surface area (Å²) in [7, 11) is 0. The molecular weight excluding hydrogens is 288 g/mol. The maximum Gasteiger partial charge on any atom is 0.350 e. The number of cyclic esters (lactones) is 2. The van der Waals surface area contributed by atoms with Crippen molar-refractivity contribution in [2.75, 3.05) is 5.32 Å². The predicted molar refractivity (Wildman–Crippen MR) is 66.0 cm³/mol. The number of carbonyl (C=O) groups excluding carboxylic acids is 2. The normalized spacial score (nSPS) is 17.0. The number of phenols is 1. The number of aromatic hydroxyl groups is 1. The van der Waals surface area contributed by atoms with Crippen LogP contribution in [-0.2, 0) is 19.1 Å². The smallest absolute Gasteiger partial charge is 0.350 e. The second-order valence-electron chi connectivity index (χ2n) is 4.67. The van der Waals surface area contributed by atoms with Crippen molar-refractivity contribution < 1.29 is 33.0 Å². The fourth-order valence-electron chi connectivity index (χ4n) is 1.58. The molecule has 0 atom stereocenters. The summed E-state index contributed by atoms with van der Waals surface area (Å²) < 4.78 is 35.9. The van der Waals surface area contributed by atoms with Gasteiger partial charge in [0.1, 0.15) is 0 Å². The zero-order chi connectivity index (χ0) is 15.8. The first-order valence-corrected chi connectivity index (χ1v) is 5.81. The average Bonchev–Trinajstić information content (AvgIpc) is 2.33. The summed E-state index contributed by atoms with van der Waals surface area (Å²) in [5, 5.41) is 11.3. The minimum Gasteiger partial charge on any atom is -0.503 e. The van der Waals surface area contributed by atoms with Gasteiger partial charge >= 0.3 is 11.9 Å². The molecule has 1 aromatic carbocycles. The van der Waals surface area contributed by atoms with E-state index in [1.807, 2.05) is 0 Å². The Morgan fingerprint density at radius 2 is 1.62 bits per heavy atom. The van der Waals surface area contributed by atoms with E-state index in [0.29, 0.717) is 0 Å². The molecular formula is C13H11F2NO5. The number of benzene rings is 1. The van der Waals surface area contributed by atoms with Crippen molar-refractivity contribution in [3.05, 3.63) is 35.5 Å². The first-order valence-electron chi connectivity index (χ1n) is 5.81. The minimum atomic E-state index is -1.37. The number of phenolic OH excluding ortho intramolecular Hbond substituents is 1. The molecule has 2 rings (SSSR count). The summed E-state index contributed by atoms with van der Waals surface area (Å²) in [6, 6.07) is 1.58. The number of hydrogen-bond acceptors (Lipinski definition) is 6. The summed E-state index contributed by atoms with van der Waals surface area (Å²) in [5.74, 6) is -6.72. The molecule has 0 saturated carbocycles. The zero-order valence-electron chi connectivity index (χ0n) is 11.1. The Morgan fingerprint density at radius 3 is 2.10 bits per heavy atom. The summed E-state index contributed by atoms with van der Waals surface area (Å²) in [4.78, 5) is 23.2. The molecule has 1 aliphatic rings. The molecule has 1 aromatic rings. The molecule has 0 amide bonds. The van der Waals surface area contributed by atoms with Crippen LogP contribution in [0.3, 0.4) is 0 Å². The van der Waals surface area contributed by atoms with E-state index >= 15 is 0 Å². The summed E-state index contributed by atoms with van der Waals surface area (Å²) >= 11 is 0. The van der Waals surface area contributed by atoms with Crippen molar-refractivity contribution in [1.29, 1.82) is 0 Å². The molecule has 1 aliphatic heterocycles. The molecule has 0 aliphatic carbocycles. The number of halogens is 2. The molecule has 1 heterocycles. The average molecular weight is 299 g/mol. The minimum absolute atomic E-state index is 0.110. The number of hydrogen-bond donors (Lipinski definition) is 2. The quantitative estimate of drug-likeness (QED) is 0.375. The fraction of sp³-hybridized carbons (Fsp3) is 0.231. The van der Waals surface area contributed by atoms with Crippen LogP contribution in [0.5, 0.6) is 5.75 Å². The molecule has 0 spiro atoms. The van der Waals surface area contributed by atoms with Crippen LogP contribution >= 0.6 is 0 Å². The number of rotatable bonds is 2. The third-order valence-corrected chi connectivity index (χ3v) is 2.52. The second kappa shape index (κ2) is 5.04. The van der Waals surface area contributed by atoms with Crippen LogP contribution in [0.4, 0.5) is 14.5 Å². The molecule has 6 nitrogen and oxygen atoms in total. The summed E-state index contributed by atoms with van der Waals surface area (Å²) in [5.41, 5.74) is -0.566. The number of nitrogens with one attached hydrogen (secondary N) is 1. The van der Waals surface area contributed by atoms with Crippen LogP contribution < -0.4 is 5.32 Å². The van der Waals surface area contributed by atoms with Gasteiger partial charge < -0.3 is 19.9 Å². The molecule has 21 heavy (non-hydrogen) atoms. The highest BCUT2D eigenvalue weighted by Gasteiger charge is 2.38. The van der Waals surface area contributed by atoms with Gasteiger partial charge in [0.15, 0.2) is 23.0 Å². The van der Waals surface area contributed by atoms with Gasteiger partial charge in [-0.15, -0.1) is 0 Å². The zero-order valence-corrected chi connectivity index (χ0v) is 11.1. The van der Waals surface area contributed by atoms with Gasteiger partial charge in [0.2, 0.25) is 0 Å². The van der Waals surface area contributed by atoms with Crippen molar-refractivity contribution in [2.45, 2.75) is 19.6 Å². The Morgan fingerprint density at radius 1 is 1.14 bits per heavy atom. The van der Waals surface area contributed by atoms with E-state index in [-0.39, 0.29) is 5.69 Å². The van der Waals surface area contributed by atoms with Crippen molar-refractivity contribution in [3.63, 3.8) is 0 Å². The fourth-order valence-corrected chi connectivity index (χ4v) is 1.58. The molecule has 0 bridgehead atoms. The first kappa shape index (κ1) is 14.8. The summed E-state index contributed by atoms with van der Waals surface area (Å²) in [6.07, 6.45) is 0.908. The Bertz CT molecular complexity index is 609. The van der Waals surface area contributed by atoms with E-state index < -0.39 is 40.7 Å². The van der Waals surface area contributed by atoms with Crippen LogP contribution in [0.15, 0.2) is 23.9 Å². The lowest BCUT2D eigenvalue weighted by molar-refractivity contribution is -0.222. The lowest BCUT2D eigenvalue weighted by Gasteiger charge is -2.29. The second-order valence-corrected chi connectivity index (χ2v) is 4.67. The maximum atomic E-state index is 13.1. The maximum absolute atomic E-state index is 13.1. The van der Waals surface area contributed by atoms with Gasteiger partial charge in [-0.05, 0) is 0 Å². The van der Waals surface area contributed by atoms with Crippen LogP contribution in [-0.4, -0.2) is 22.8 Å². The lowest BCUT2D eigenvalue weighted by atomic mass is 10.2. The number of anilines is 1. The van der Waals surface area contributed by atoms with E-state index in [0.717, 1.165) is 18.3 Å². The molecule has 8 heteroatoms. The van der Waals surface area contributed by atoms with E-state index in [2.05, 4.69) is 5.32 Å². The monoisotopic (exact) mass is 299 g/mol. The van der Waals surface area contributed by atoms with Crippen molar-refractivity contribution in [3.8, 4) is 5.75 Å². The largest absolute Gasteiger partial charge is 0.503 e. The molecule has 0 aromatic heterocycles. The van der Waals surface area contributed by atoms with Gasteiger partial charge in [0.05, 0.1) is 0 Å². The predicted octanol–water partition coefficient (Wildman–Crippen LogP) is 1.80. The molecule has 1 saturated heterocycles. The van der Waals surface area contributed by atoms with Gasteiger partial charge in [0, 0.05) is 37.9 Å². The lowest BCUT2D eigenvalue weighted by Crippen LogP contribution is -2.42. The molecule has 0 unspecified atom stereocenters. The molecule has 2 N–H and O–H groups in total. The van der Waals surface area contributed by atoms with Gasteiger partial charge in [-0.3, -0.25) is 0 Å². The molecule has 0 radical (unpaired) electrons. The summed E-state index contributed by atoms with van der Waals surface area (Å²) in [6.45, 7) is 2.77. The van der Waals surface area contributed by atoms with E-state index in [1.165, 1.54) is 13.8 Å². The number of ether oxygens (including phenoxy) is 2. The van der Waals surface area contributed by atoms with Gasteiger partial charge in [-0.25, -0.2) is 18.4 Å². The van der Waals surface area contributed by atoms with Gasteiger partial charge in [-0.1, -0.05) is 0 Å². The SMILES string of the molecule is CC1(C)OC(=O)C(=CNc2cc(F)c(O)c(F)c2)C(=O)O1. The van der Waals surface area contributed by atoms with Crippen molar-refractivity contribution in [1.82, 2.24) is 0 Å². The van der Waals surface area contributed by atoms with Crippen LogP contribution in [0.2, 0.25) is 0 Å². The first-order chi connectivity index (χ1) is 9.69. The molecule has 1 fully saturated rings. The third-order valence-electron chi connectivity index (χ3n) is 2.52. The highest BCUT2D eigenvalue weighted by molar-refractivity contribution is 6.15. The van der Waals surface area contributed by atoms with Crippen molar-refractivity contribution >= 4 is 17.6 Å². The van der Waals surface area contributed by atoms with Gasteiger partial charge in [-0.2, -0.15) is 0 Å². The van der Waals surface area contributed by atoms with Crippen LogP contribution in [0, 0.1) is 11.6 Å². The van der Waals surface area contributed by atoms with E-state index in [1.54, 1.807) is 0 Å². The van der Waals surface area contributed by atoms with Crippen molar-refractivity contribution in [2.24, 2.45) is 0 Å². The Hall–Kier alpha value is -2.64.